The molecular formula is C15H15F3N2. The maximum atomic E-state index is 12.5. The molecule has 1 aromatic carbocycles. The van der Waals surface area contributed by atoms with Gasteiger partial charge in [-0.15, -0.1) is 0 Å². The van der Waals surface area contributed by atoms with Gasteiger partial charge in [0.2, 0.25) is 0 Å². The van der Waals surface area contributed by atoms with Crippen molar-refractivity contribution >= 4 is 0 Å². The fraction of sp³-hybridized carbons (Fsp3) is 0.267. The second-order valence-electron chi connectivity index (χ2n) is 4.51. The number of nitrogens with two attached hydrogens (primary N) is 1. The van der Waals surface area contributed by atoms with Crippen LogP contribution in [0.15, 0.2) is 42.6 Å². The van der Waals surface area contributed by atoms with Crippen molar-refractivity contribution in [1.29, 1.82) is 0 Å². The second-order valence-corrected chi connectivity index (χ2v) is 4.51. The summed E-state index contributed by atoms with van der Waals surface area (Å²) < 4.78 is 37.4. The summed E-state index contributed by atoms with van der Waals surface area (Å²) in [5.74, 6) is 0. The number of aromatic nitrogens is 1. The Kier molecular flexibility index (Phi) is 4.39. The smallest absolute Gasteiger partial charge is 0.330 e. The van der Waals surface area contributed by atoms with E-state index in [9.17, 15) is 13.2 Å². The van der Waals surface area contributed by atoms with Crippen molar-refractivity contribution in [2.24, 2.45) is 5.73 Å². The zero-order valence-electron chi connectivity index (χ0n) is 10.8. The SMILES string of the molecule is NCCCc1ccc(-c2ccc(C(F)(F)F)cc2)cn1. The van der Waals surface area contributed by atoms with Crippen molar-refractivity contribution in [1.82, 2.24) is 4.98 Å². The van der Waals surface area contributed by atoms with E-state index in [-0.39, 0.29) is 0 Å². The van der Waals surface area contributed by atoms with Crippen LogP contribution in [0.25, 0.3) is 11.1 Å². The maximum absolute atomic E-state index is 12.5. The molecule has 0 radical (unpaired) electrons. The van der Waals surface area contributed by atoms with E-state index in [0.717, 1.165) is 41.8 Å². The summed E-state index contributed by atoms with van der Waals surface area (Å²) in [5, 5.41) is 0. The molecule has 2 N–H and O–H groups in total. The summed E-state index contributed by atoms with van der Waals surface area (Å²) >= 11 is 0. The number of alkyl halides is 3. The van der Waals surface area contributed by atoms with E-state index in [1.54, 1.807) is 6.20 Å². The van der Waals surface area contributed by atoms with E-state index >= 15 is 0 Å². The van der Waals surface area contributed by atoms with E-state index < -0.39 is 11.7 Å². The van der Waals surface area contributed by atoms with Crippen molar-refractivity contribution in [2.75, 3.05) is 6.54 Å². The van der Waals surface area contributed by atoms with Crippen LogP contribution in [0.4, 0.5) is 13.2 Å². The number of hydrogen-bond donors (Lipinski definition) is 1. The Balaban J connectivity index is 2.15. The van der Waals surface area contributed by atoms with Gasteiger partial charge in [-0.25, -0.2) is 0 Å². The first kappa shape index (κ1) is 14.5. The summed E-state index contributed by atoms with van der Waals surface area (Å²) in [6.07, 6.45) is -0.951. The first-order valence-corrected chi connectivity index (χ1v) is 6.33. The normalized spacial score (nSPS) is 11.6. The third-order valence-corrected chi connectivity index (χ3v) is 3.01. The lowest BCUT2D eigenvalue weighted by molar-refractivity contribution is -0.137. The van der Waals surface area contributed by atoms with Crippen molar-refractivity contribution < 1.29 is 13.2 Å². The highest BCUT2D eigenvalue weighted by molar-refractivity contribution is 5.62. The van der Waals surface area contributed by atoms with Crippen LogP contribution in [-0.2, 0) is 12.6 Å². The van der Waals surface area contributed by atoms with Gasteiger partial charge in [0.1, 0.15) is 0 Å². The maximum Gasteiger partial charge on any atom is 0.416 e. The highest BCUT2D eigenvalue weighted by atomic mass is 19.4. The van der Waals surface area contributed by atoms with Gasteiger partial charge in [0.15, 0.2) is 0 Å². The summed E-state index contributed by atoms with van der Waals surface area (Å²) in [6, 6.07) is 8.82. The molecule has 20 heavy (non-hydrogen) atoms. The monoisotopic (exact) mass is 280 g/mol. The molecule has 0 unspecified atom stereocenters. The Hall–Kier alpha value is -1.88. The van der Waals surface area contributed by atoms with Gasteiger partial charge in [0.05, 0.1) is 5.56 Å². The Morgan fingerprint density at radius 2 is 1.60 bits per heavy atom. The van der Waals surface area contributed by atoms with Crippen molar-refractivity contribution in [3.05, 3.63) is 53.9 Å². The van der Waals surface area contributed by atoms with E-state index in [1.165, 1.54) is 12.1 Å². The molecule has 5 heteroatoms. The average molecular weight is 280 g/mol. The first-order chi connectivity index (χ1) is 9.50. The van der Waals surface area contributed by atoms with Gasteiger partial charge >= 0.3 is 6.18 Å². The molecule has 2 nitrogen and oxygen atoms in total. The molecule has 0 spiro atoms. The lowest BCUT2D eigenvalue weighted by Crippen LogP contribution is -2.04. The molecule has 0 atom stereocenters. The summed E-state index contributed by atoms with van der Waals surface area (Å²) in [7, 11) is 0. The second kappa shape index (κ2) is 6.05. The molecular weight excluding hydrogens is 265 g/mol. The van der Waals surface area contributed by atoms with Crippen LogP contribution < -0.4 is 5.73 Å². The van der Waals surface area contributed by atoms with Crippen LogP contribution in [0.3, 0.4) is 0 Å². The molecule has 1 heterocycles. The number of pyridine rings is 1. The topological polar surface area (TPSA) is 38.9 Å². The Morgan fingerprint density at radius 1 is 0.950 bits per heavy atom. The standard InChI is InChI=1S/C15H15F3N2/c16-15(17,18)13-6-3-11(4-7-13)12-5-8-14(20-10-12)2-1-9-19/h3-8,10H,1-2,9,19H2. The highest BCUT2D eigenvalue weighted by Gasteiger charge is 2.29. The molecule has 106 valence electrons. The van der Waals surface area contributed by atoms with Gasteiger partial charge in [-0.2, -0.15) is 13.2 Å². The molecule has 0 bridgehead atoms. The summed E-state index contributed by atoms with van der Waals surface area (Å²) in [6.45, 7) is 0.613. The minimum atomic E-state index is -4.30. The van der Waals surface area contributed by atoms with Crippen LogP contribution in [0.5, 0.6) is 0 Å². The largest absolute Gasteiger partial charge is 0.416 e. The van der Waals surface area contributed by atoms with E-state index in [1.807, 2.05) is 12.1 Å². The molecule has 0 aliphatic carbocycles. The van der Waals surface area contributed by atoms with Crippen molar-refractivity contribution in [3.8, 4) is 11.1 Å². The zero-order valence-corrected chi connectivity index (χ0v) is 10.8. The average Bonchev–Trinajstić information content (AvgIpc) is 2.45. The number of rotatable bonds is 4. The number of aryl methyl sites for hydroxylation is 1. The fourth-order valence-electron chi connectivity index (χ4n) is 1.88. The predicted molar refractivity (Wildman–Crippen MR) is 72.1 cm³/mol. The Morgan fingerprint density at radius 3 is 2.10 bits per heavy atom. The molecule has 0 aliphatic rings. The lowest BCUT2D eigenvalue weighted by Gasteiger charge is -2.08. The van der Waals surface area contributed by atoms with Crippen LogP contribution >= 0.6 is 0 Å². The molecule has 0 saturated carbocycles. The molecule has 0 fully saturated rings. The minimum absolute atomic E-state index is 0.613. The van der Waals surface area contributed by atoms with Gasteiger partial charge in [-0.1, -0.05) is 18.2 Å². The predicted octanol–water partition coefficient (Wildman–Crippen LogP) is 3.66. The molecule has 2 rings (SSSR count). The van der Waals surface area contributed by atoms with Gasteiger partial charge in [0, 0.05) is 17.5 Å². The van der Waals surface area contributed by atoms with Crippen LogP contribution in [-0.4, -0.2) is 11.5 Å². The van der Waals surface area contributed by atoms with E-state index in [2.05, 4.69) is 4.98 Å². The number of benzene rings is 1. The summed E-state index contributed by atoms with van der Waals surface area (Å²) in [4.78, 5) is 4.29. The van der Waals surface area contributed by atoms with Crippen LogP contribution in [0.1, 0.15) is 17.7 Å². The zero-order chi connectivity index (χ0) is 14.6. The van der Waals surface area contributed by atoms with E-state index in [0.29, 0.717) is 6.54 Å². The van der Waals surface area contributed by atoms with Crippen molar-refractivity contribution in [2.45, 2.75) is 19.0 Å². The molecule has 2 aromatic rings. The van der Waals surface area contributed by atoms with E-state index in [4.69, 9.17) is 5.73 Å². The molecule has 1 aromatic heterocycles. The van der Waals surface area contributed by atoms with Crippen LogP contribution in [0, 0.1) is 0 Å². The third kappa shape index (κ3) is 3.57. The third-order valence-electron chi connectivity index (χ3n) is 3.01. The molecule has 0 saturated heterocycles. The molecule has 0 amide bonds. The lowest BCUT2D eigenvalue weighted by atomic mass is 10.0. The quantitative estimate of drug-likeness (QED) is 0.928. The van der Waals surface area contributed by atoms with Crippen LogP contribution in [0.2, 0.25) is 0 Å². The number of halogens is 3. The number of nitrogens with zero attached hydrogens (tertiary/aromatic N) is 1. The number of hydrogen-bond acceptors (Lipinski definition) is 2. The molecule has 0 aliphatic heterocycles. The van der Waals surface area contributed by atoms with Gasteiger partial charge in [-0.05, 0) is 43.1 Å². The van der Waals surface area contributed by atoms with Gasteiger partial charge in [-0.3, -0.25) is 4.98 Å². The Bertz CT molecular complexity index is 545. The van der Waals surface area contributed by atoms with Crippen molar-refractivity contribution in [3.63, 3.8) is 0 Å². The van der Waals surface area contributed by atoms with Gasteiger partial charge in [0.25, 0.3) is 0 Å². The fourth-order valence-corrected chi connectivity index (χ4v) is 1.88. The van der Waals surface area contributed by atoms with Gasteiger partial charge < -0.3 is 5.73 Å². The Labute approximate surface area is 115 Å². The summed E-state index contributed by atoms with van der Waals surface area (Å²) in [5.41, 5.74) is 7.24. The first-order valence-electron chi connectivity index (χ1n) is 6.33. The highest BCUT2D eigenvalue weighted by Crippen LogP contribution is 2.30. The minimum Gasteiger partial charge on any atom is -0.330 e.